The van der Waals surface area contributed by atoms with Gasteiger partial charge in [0.1, 0.15) is 0 Å². The van der Waals surface area contributed by atoms with Crippen molar-refractivity contribution in [2.75, 3.05) is 24.0 Å². The highest BCUT2D eigenvalue weighted by atomic mass is 35.5. The molecule has 1 rings (SSSR count). The van der Waals surface area contributed by atoms with Crippen LogP contribution in [0.5, 0.6) is 0 Å². The Morgan fingerprint density at radius 2 is 2.19 bits per heavy atom. The third-order valence-electron chi connectivity index (χ3n) is 3.24. The molecule has 116 valence electrons. The number of hydrogen-bond acceptors (Lipinski definition) is 5. The molecule has 8 heteroatoms. The second-order valence-corrected chi connectivity index (χ2v) is 6.02. The highest BCUT2D eigenvalue weighted by Crippen LogP contribution is 2.35. The predicted octanol–water partition coefficient (Wildman–Crippen LogP) is 3.52. The fourth-order valence-electron chi connectivity index (χ4n) is 1.91. The van der Waals surface area contributed by atoms with Crippen molar-refractivity contribution < 1.29 is 14.8 Å². The molecule has 0 aliphatic carbocycles. The molecule has 0 bridgehead atoms. The van der Waals surface area contributed by atoms with Crippen molar-refractivity contribution >= 4 is 40.7 Å². The molecule has 1 N–H and O–H groups in total. The summed E-state index contributed by atoms with van der Waals surface area (Å²) in [6.45, 7) is 1.96. The van der Waals surface area contributed by atoms with Crippen molar-refractivity contribution in [2.24, 2.45) is 0 Å². The minimum atomic E-state index is -1.24. The summed E-state index contributed by atoms with van der Waals surface area (Å²) >= 11 is 7.78. The minimum Gasteiger partial charge on any atom is -0.478 e. The summed E-state index contributed by atoms with van der Waals surface area (Å²) < 4.78 is 0. The van der Waals surface area contributed by atoms with Crippen molar-refractivity contribution in [3.8, 4) is 0 Å². The third kappa shape index (κ3) is 4.25. The van der Waals surface area contributed by atoms with E-state index >= 15 is 0 Å². The Morgan fingerprint density at radius 1 is 1.57 bits per heavy atom. The molecule has 0 heterocycles. The third-order valence-corrected chi connectivity index (χ3v) is 4.18. The number of benzene rings is 1. The van der Waals surface area contributed by atoms with Crippen LogP contribution in [-0.4, -0.2) is 41.1 Å². The number of carboxylic acid groups (broad SMARTS) is 1. The van der Waals surface area contributed by atoms with E-state index in [9.17, 15) is 20.0 Å². The summed E-state index contributed by atoms with van der Waals surface area (Å²) in [5.41, 5.74) is -0.178. The first-order valence-corrected chi connectivity index (χ1v) is 7.99. The first kappa shape index (κ1) is 17.6. The Morgan fingerprint density at radius 3 is 2.67 bits per heavy atom. The molecule has 1 atom stereocenters. The zero-order valence-corrected chi connectivity index (χ0v) is 13.6. The second kappa shape index (κ2) is 7.51. The second-order valence-electron chi connectivity index (χ2n) is 4.63. The monoisotopic (exact) mass is 332 g/mol. The number of halogens is 1. The predicted molar refractivity (Wildman–Crippen MR) is 85.9 cm³/mol. The van der Waals surface area contributed by atoms with Crippen LogP contribution in [0.15, 0.2) is 12.1 Å². The molecular formula is C13H17ClN2O4S. The van der Waals surface area contributed by atoms with Gasteiger partial charge in [0, 0.05) is 25.2 Å². The molecule has 0 aliphatic heterocycles. The topological polar surface area (TPSA) is 83.7 Å². The SMILES string of the molecule is CSCCC(C)N(C)c1c(Cl)cc([N+](=O)[O-])cc1C(=O)O. The van der Waals surface area contributed by atoms with Gasteiger partial charge in [-0.05, 0) is 25.4 Å². The normalized spacial score (nSPS) is 12.0. The van der Waals surface area contributed by atoms with E-state index in [1.165, 1.54) is 6.07 Å². The van der Waals surface area contributed by atoms with E-state index in [0.717, 1.165) is 18.2 Å². The van der Waals surface area contributed by atoms with Crippen LogP contribution in [0.2, 0.25) is 5.02 Å². The van der Waals surface area contributed by atoms with Gasteiger partial charge in [-0.25, -0.2) is 4.79 Å². The van der Waals surface area contributed by atoms with Crippen LogP contribution in [0.25, 0.3) is 0 Å². The molecule has 0 saturated carbocycles. The zero-order chi connectivity index (χ0) is 16.2. The van der Waals surface area contributed by atoms with Crippen molar-refractivity contribution in [2.45, 2.75) is 19.4 Å². The number of aromatic carboxylic acids is 1. The van der Waals surface area contributed by atoms with E-state index in [1.807, 2.05) is 13.2 Å². The summed E-state index contributed by atoms with van der Waals surface area (Å²) in [5, 5.41) is 20.2. The van der Waals surface area contributed by atoms with Gasteiger partial charge in [-0.1, -0.05) is 11.6 Å². The Balaban J connectivity index is 3.27. The molecule has 1 aromatic rings. The van der Waals surface area contributed by atoms with Gasteiger partial charge in [0.15, 0.2) is 0 Å². The van der Waals surface area contributed by atoms with Gasteiger partial charge >= 0.3 is 5.97 Å². The number of rotatable bonds is 7. The van der Waals surface area contributed by atoms with Gasteiger partial charge < -0.3 is 10.0 Å². The molecule has 1 aromatic carbocycles. The fourth-order valence-corrected chi connectivity index (χ4v) is 2.84. The molecule has 0 fully saturated rings. The molecule has 0 aromatic heterocycles. The van der Waals surface area contributed by atoms with Crippen LogP contribution in [0.4, 0.5) is 11.4 Å². The average molecular weight is 333 g/mol. The highest BCUT2D eigenvalue weighted by molar-refractivity contribution is 7.98. The van der Waals surface area contributed by atoms with E-state index in [-0.39, 0.29) is 22.3 Å². The number of anilines is 1. The maximum absolute atomic E-state index is 11.4. The summed E-state index contributed by atoms with van der Waals surface area (Å²) in [6, 6.07) is 2.29. The fraction of sp³-hybridized carbons (Fsp3) is 0.462. The molecular weight excluding hydrogens is 316 g/mol. The lowest BCUT2D eigenvalue weighted by Crippen LogP contribution is -2.31. The highest BCUT2D eigenvalue weighted by Gasteiger charge is 2.24. The van der Waals surface area contributed by atoms with E-state index < -0.39 is 10.9 Å². The van der Waals surface area contributed by atoms with Gasteiger partial charge in [-0.15, -0.1) is 0 Å². The number of thioether (sulfide) groups is 1. The van der Waals surface area contributed by atoms with Crippen molar-refractivity contribution in [1.29, 1.82) is 0 Å². The van der Waals surface area contributed by atoms with Crippen molar-refractivity contribution in [3.63, 3.8) is 0 Å². The van der Waals surface area contributed by atoms with E-state index in [2.05, 4.69) is 0 Å². The lowest BCUT2D eigenvalue weighted by Gasteiger charge is -2.29. The maximum Gasteiger partial charge on any atom is 0.338 e. The summed E-state index contributed by atoms with van der Waals surface area (Å²) in [6.07, 6.45) is 2.85. The van der Waals surface area contributed by atoms with Crippen LogP contribution >= 0.6 is 23.4 Å². The molecule has 0 aliphatic rings. The number of hydrogen-bond donors (Lipinski definition) is 1. The number of nitro groups is 1. The Labute approximate surface area is 132 Å². The van der Waals surface area contributed by atoms with E-state index in [1.54, 1.807) is 23.7 Å². The average Bonchev–Trinajstić information content (AvgIpc) is 2.42. The zero-order valence-electron chi connectivity index (χ0n) is 12.0. The summed E-state index contributed by atoms with van der Waals surface area (Å²) in [7, 11) is 1.74. The molecule has 1 unspecified atom stereocenters. The Bertz CT molecular complexity index is 553. The number of non-ortho nitro benzene ring substituents is 1. The van der Waals surface area contributed by atoms with Crippen LogP contribution in [0.3, 0.4) is 0 Å². The van der Waals surface area contributed by atoms with E-state index in [4.69, 9.17) is 11.6 Å². The minimum absolute atomic E-state index is 0.0644. The largest absolute Gasteiger partial charge is 0.478 e. The molecule has 0 amide bonds. The lowest BCUT2D eigenvalue weighted by atomic mass is 10.1. The van der Waals surface area contributed by atoms with Gasteiger partial charge in [0.05, 0.1) is 21.2 Å². The number of carbonyl (C=O) groups is 1. The molecule has 6 nitrogen and oxygen atoms in total. The first-order valence-electron chi connectivity index (χ1n) is 6.22. The first-order chi connectivity index (χ1) is 9.79. The summed E-state index contributed by atoms with van der Waals surface area (Å²) in [5.74, 6) is -0.307. The van der Waals surface area contributed by atoms with Crippen molar-refractivity contribution in [3.05, 3.63) is 32.8 Å². The molecule has 21 heavy (non-hydrogen) atoms. The van der Waals surface area contributed by atoms with Gasteiger partial charge in [0.2, 0.25) is 0 Å². The Hall–Kier alpha value is -1.47. The van der Waals surface area contributed by atoms with Gasteiger partial charge in [-0.3, -0.25) is 10.1 Å². The quantitative estimate of drug-likeness (QED) is 0.607. The molecule has 0 saturated heterocycles. The number of nitrogens with zero attached hydrogens (tertiary/aromatic N) is 2. The van der Waals surface area contributed by atoms with Crippen LogP contribution in [0.1, 0.15) is 23.7 Å². The van der Waals surface area contributed by atoms with Crippen LogP contribution in [0, 0.1) is 10.1 Å². The van der Waals surface area contributed by atoms with E-state index in [0.29, 0.717) is 5.69 Å². The van der Waals surface area contributed by atoms with Gasteiger partial charge in [0.25, 0.3) is 5.69 Å². The smallest absolute Gasteiger partial charge is 0.338 e. The lowest BCUT2D eigenvalue weighted by molar-refractivity contribution is -0.384. The molecule has 0 radical (unpaired) electrons. The van der Waals surface area contributed by atoms with Crippen LogP contribution in [-0.2, 0) is 0 Å². The maximum atomic E-state index is 11.4. The van der Waals surface area contributed by atoms with Crippen molar-refractivity contribution in [1.82, 2.24) is 0 Å². The summed E-state index contributed by atoms with van der Waals surface area (Å²) in [4.78, 5) is 23.3. The number of carboxylic acids is 1. The Kier molecular flexibility index (Phi) is 6.29. The number of nitro benzene ring substituents is 1. The van der Waals surface area contributed by atoms with Gasteiger partial charge in [-0.2, -0.15) is 11.8 Å². The standard InChI is InChI=1S/C13H17ClN2O4S/c1-8(4-5-21-3)15(2)12-10(13(17)18)6-9(16(19)20)7-11(12)14/h6-8H,4-5H2,1-3H3,(H,17,18). The molecule has 0 spiro atoms. The van der Waals surface area contributed by atoms with Crippen LogP contribution < -0.4 is 4.90 Å².